The predicted octanol–water partition coefficient (Wildman–Crippen LogP) is 1.32. The fourth-order valence-corrected chi connectivity index (χ4v) is 2.13. The molecule has 1 aromatic rings. The number of urea groups is 1. The monoisotopic (exact) mass is 313 g/mol. The summed E-state index contributed by atoms with van der Waals surface area (Å²) < 4.78 is 28.3. The highest BCUT2D eigenvalue weighted by Crippen LogP contribution is 2.15. The van der Waals surface area contributed by atoms with Crippen LogP contribution in [0.15, 0.2) is 24.3 Å². The Morgan fingerprint density at radius 2 is 2.14 bits per heavy atom. The van der Waals surface area contributed by atoms with Gasteiger partial charge < -0.3 is 20.3 Å². The molecule has 2 N–H and O–H groups in total. The van der Waals surface area contributed by atoms with Gasteiger partial charge in [-0.15, -0.1) is 0 Å². The number of nitrogens with zero attached hydrogens (tertiary/aromatic N) is 1. The molecule has 0 radical (unpaired) electrons. The molecule has 1 saturated heterocycles. The highest BCUT2D eigenvalue weighted by molar-refractivity contribution is 5.87. The summed E-state index contributed by atoms with van der Waals surface area (Å²) in [6.45, 7) is -0.100. The van der Waals surface area contributed by atoms with Crippen LogP contribution < -0.4 is 15.4 Å². The highest BCUT2D eigenvalue weighted by Gasteiger charge is 2.28. The average molecular weight is 313 g/mol. The minimum Gasteiger partial charge on any atom is -0.435 e. The van der Waals surface area contributed by atoms with Gasteiger partial charge in [0.25, 0.3) is 0 Å². The van der Waals surface area contributed by atoms with E-state index in [-0.39, 0.29) is 24.2 Å². The molecule has 1 atom stereocenters. The number of ether oxygens (including phenoxy) is 1. The molecule has 1 aliphatic rings. The molecule has 0 aliphatic carbocycles. The Hall–Kier alpha value is -2.38. The minimum atomic E-state index is -2.86. The van der Waals surface area contributed by atoms with Crippen molar-refractivity contribution in [3.05, 3.63) is 29.8 Å². The number of nitrogens with one attached hydrogen (secondary N) is 2. The summed E-state index contributed by atoms with van der Waals surface area (Å²) in [7, 11) is 0. The summed E-state index contributed by atoms with van der Waals surface area (Å²) in [5, 5.41) is 5.37. The molecule has 0 unspecified atom stereocenters. The summed E-state index contributed by atoms with van der Waals surface area (Å²) >= 11 is 0. The SMILES string of the molecule is C[C@H]1C(=O)NCCN1C(=O)NCc1ccc(OC(F)F)cc1. The van der Waals surface area contributed by atoms with E-state index >= 15 is 0 Å². The molecule has 2 rings (SSSR count). The second-order valence-electron chi connectivity index (χ2n) is 4.84. The van der Waals surface area contributed by atoms with Crippen molar-refractivity contribution in [3.8, 4) is 5.75 Å². The van der Waals surface area contributed by atoms with Gasteiger partial charge in [0.1, 0.15) is 11.8 Å². The molecule has 0 aromatic heterocycles. The van der Waals surface area contributed by atoms with Gasteiger partial charge in [-0.2, -0.15) is 8.78 Å². The lowest BCUT2D eigenvalue weighted by molar-refractivity contribution is -0.126. The number of carbonyl (C=O) groups excluding carboxylic acids is 2. The molecule has 8 heteroatoms. The second kappa shape index (κ2) is 7.06. The number of benzene rings is 1. The van der Waals surface area contributed by atoms with Gasteiger partial charge >= 0.3 is 12.6 Å². The van der Waals surface area contributed by atoms with Crippen LogP contribution in [0.5, 0.6) is 5.75 Å². The minimum absolute atomic E-state index is 0.0615. The Labute approximate surface area is 126 Å². The maximum Gasteiger partial charge on any atom is 0.387 e. The highest BCUT2D eigenvalue weighted by atomic mass is 19.3. The lowest BCUT2D eigenvalue weighted by Crippen LogP contribution is -2.58. The summed E-state index contributed by atoms with van der Waals surface area (Å²) in [5.41, 5.74) is 0.740. The number of carbonyl (C=O) groups is 2. The molecular formula is C14H17F2N3O3. The molecule has 120 valence electrons. The third-order valence-electron chi connectivity index (χ3n) is 3.35. The number of halogens is 2. The first kappa shape index (κ1) is 16.0. The molecule has 1 fully saturated rings. The Bertz CT molecular complexity index is 537. The second-order valence-corrected chi connectivity index (χ2v) is 4.84. The van der Waals surface area contributed by atoms with Gasteiger partial charge in [-0.3, -0.25) is 4.79 Å². The first-order valence-electron chi connectivity index (χ1n) is 6.83. The number of amides is 3. The van der Waals surface area contributed by atoms with Crippen molar-refractivity contribution in [2.75, 3.05) is 13.1 Å². The smallest absolute Gasteiger partial charge is 0.387 e. The van der Waals surface area contributed by atoms with Gasteiger partial charge in [-0.25, -0.2) is 4.79 Å². The predicted molar refractivity (Wildman–Crippen MR) is 74.5 cm³/mol. The van der Waals surface area contributed by atoms with Gasteiger partial charge in [-0.05, 0) is 24.6 Å². The molecule has 0 bridgehead atoms. The van der Waals surface area contributed by atoms with Crippen LogP contribution in [0.25, 0.3) is 0 Å². The third-order valence-corrected chi connectivity index (χ3v) is 3.35. The standard InChI is InChI=1S/C14H17F2N3O3/c1-9-12(20)17-6-7-19(9)14(21)18-8-10-2-4-11(5-3-10)22-13(15)16/h2-5,9,13H,6-8H2,1H3,(H,17,20)(H,18,21)/t9-/m0/s1. The molecule has 6 nitrogen and oxygen atoms in total. The van der Waals surface area contributed by atoms with E-state index in [4.69, 9.17) is 0 Å². The van der Waals surface area contributed by atoms with Gasteiger partial charge in [0, 0.05) is 19.6 Å². The molecule has 3 amide bonds. The van der Waals surface area contributed by atoms with Crippen LogP contribution in [-0.2, 0) is 11.3 Å². The van der Waals surface area contributed by atoms with E-state index in [0.717, 1.165) is 5.56 Å². The van der Waals surface area contributed by atoms with Crippen molar-refractivity contribution in [1.82, 2.24) is 15.5 Å². The number of piperazine rings is 1. The first-order valence-corrected chi connectivity index (χ1v) is 6.83. The van der Waals surface area contributed by atoms with Crippen LogP contribution in [0.1, 0.15) is 12.5 Å². The van der Waals surface area contributed by atoms with Crippen LogP contribution in [0.3, 0.4) is 0 Å². The van der Waals surface area contributed by atoms with Gasteiger partial charge in [0.15, 0.2) is 0 Å². The first-order chi connectivity index (χ1) is 10.5. The van der Waals surface area contributed by atoms with Gasteiger partial charge in [0.2, 0.25) is 5.91 Å². The van der Waals surface area contributed by atoms with E-state index in [9.17, 15) is 18.4 Å². The Morgan fingerprint density at radius 1 is 1.45 bits per heavy atom. The Morgan fingerprint density at radius 3 is 2.77 bits per heavy atom. The molecule has 1 heterocycles. The average Bonchev–Trinajstić information content (AvgIpc) is 2.48. The molecule has 0 saturated carbocycles. The maximum atomic E-state index is 12.1. The van der Waals surface area contributed by atoms with Gasteiger partial charge in [-0.1, -0.05) is 12.1 Å². The molecule has 22 heavy (non-hydrogen) atoms. The fourth-order valence-electron chi connectivity index (χ4n) is 2.13. The normalized spacial score (nSPS) is 18.1. The largest absolute Gasteiger partial charge is 0.435 e. The van der Waals surface area contributed by atoms with Crippen molar-refractivity contribution in [3.63, 3.8) is 0 Å². The number of hydrogen-bond donors (Lipinski definition) is 2. The summed E-state index contributed by atoms with van der Waals surface area (Å²) in [6, 6.07) is 5.13. The van der Waals surface area contributed by atoms with E-state index in [1.165, 1.54) is 17.0 Å². The topological polar surface area (TPSA) is 70.7 Å². The Balaban J connectivity index is 1.86. The van der Waals surface area contributed by atoms with E-state index in [1.54, 1.807) is 19.1 Å². The van der Waals surface area contributed by atoms with E-state index in [1.807, 2.05) is 0 Å². The maximum absolute atomic E-state index is 12.1. The van der Waals surface area contributed by atoms with E-state index in [2.05, 4.69) is 15.4 Å². The zero-order valence-corrected chi connectivity index (χ0v) is 12.0. The van der Waals surface area contributed by atoms with Crippen LogP contribution in [0.2, 0.25) is 0 Å². The summed E-state index contributed by atoms with van der Waals surface area (Å²) in [5.74, 6) is -0.124. The van der Waals surface area contributed by atoms with Crippen molar-refractivity contribution in [1.29, 1.82) is 0 Å². The fraction of sp³-hybridized carbons (Fsp3) is 0.429. The van der Waals surface area contributed by atoms with E-state index < -0.39 is 12.7 Å². The zero-order chi connectivity index (χ0) is 16.1. The molecule has 1 aromatic carbocycles. The van der Waals surface area contributed by atoms with Crippen molar-refractivity contribution in [2.45, 2.75) is 26.1 Å². The number of hydrogen-bond acceptors (Lipinski definition) is 3. The molecular weight excluding hydrogens is 296 g/mol. The van der Waals surface area contributed by atoms with Crippen molar-refractivity contribution in [2.24, 2.45) is 0 Å². The molecule has 0 spiro atoms. The van der Waals surface area contributed by atoms with Crippen LogP contribution >= 0.6 is 0 Å². The summed E-state index contributed by atoms with van der Waals surface area (Å²) in [4.78, 5) is 25.0. The number of rotatable bonds is 4. The third kappa shape index (κ3) is 4.06. The van der Waals surface area contributed by atoms with Gasteiger partial charge in [0.05, 0.1) is 0 Å². The quantitative estimate of drug-likeness (QED) is 0.881. The number of alkyl halides is 2. The zero-order valence-electron chi connectivity index (χ0n) is 12.0. The Kier molecular flexibility index (Phi) is 5.13. The van der Waals surface area contributed by atoms with Crippen molar-refractivity contribution >= 4 is 11.9 Å². The van der Waals surface area contributed by atoms with Crippen LogP contribution in [-0.4, -0.2) is 42.6 Å². The summed E-state index contributed by atoms with van der Waals surface area (Å²) in [6.07, 6.45) is 0. The van der Waals surface area contributed by atoms with Crippen LogP contribution in [0.4, 0.5) is 13.6 Å². The lowest BCUT2D eigenvalue weighted by atomic mass is 10.2. The van der Waals surface area contributed by atoms with Crippen LogP contribution in [0, 0.1) is 0 Å². The molecule has 1 aliphatic heterocycles. The lowest BCUT2D eigenvalue weighted by Gasteiger charge is -2.32. The van der Waals surface area contributed by atoms with Crippen molar-refractivity contribution < 1.29 is 23.1 Å². The van der Waals surface area contributed by atoms with E-state index in [0.29, 0.717) is 13.1 Å².